The third kappa shape index (κ3) is 4.97. The summed E-state index contributed by atoms with van der Waals surface area (Å²) in [6.07, 6.45) is 0.329. The van der Waals surface area contributed by atoms with E-state index in [-0.39, 0.29) is 5.56 Å². The van der Waals surface area contributed by atoms with E-state index in [9.17, 15) is 9.90 Å². The molecular formula is C23H24N2O3. The molecule has 0 aliphatic rings. The standard InChI is InChI=1S/C23H24N2O3/c24-21-14-19(23(27)28)10-11-20(21)17-8-6-16(7-9-17)12-13-25-15-22(26)18-4-2-1-3-5-18/h1-11,14,22,25-26H,12-13,15,24H2,(H,27,28)/t22-/m0/s1. The fourth-order valence-corrected chi connectivity index (χ4v) is 3.07. The van der Waals surface area contributed by atoms with Gasteiger partial charge in [0.1, 0.15) is 0 Å². The minimum Gasteiger partial charge on any atom is -0.478 e. The molecule has 0 heterocycles. The number of carboxylic acids is 1. The minimum absolute atomic E-state index is 0.182. The Bertz CT molecular complexity index is 924. The SMILES string of the molecule is Nc1cc(C(=O)O)ccc1-c1ccc(CCNC[C@H](O)c2ccccc2)cc1. The number of nitrogens with one attached hydrogen (secondary N) is 1. The molecule has 0 aromatic heterocycles. The number of nitrogen functional groups attached to an aromatic ring is 1. The van der Waals surface area contributed by atoms with Crippen LogP contribution >= 0.6 is 0 Å². The summed E-state index contributed by atoms with van der Waals surface area (Å²) >= 11 is 0. The average molecular weight is 376 g/mol. The number of carbonyl (C=O) groups is 1. The predicted molar refractivity (Wildman–Crippen MR) is 111 cm³/mol. The summed E-state index contributed by atoms with van der Waals surface area (Å²) in [5.74, 6) is -0.988. The smallest absolute Gasteiger partial charge is 0.335 e. The Morgan fingerprint density at radius 1 is 1.00 bits per heavy atom. The van der Waals surface area contributed by atoms with E-state index < -0.39 is 12.1 Å². The zero-order chi connectivity index (χ0) is 19.9. The second kappa shape index (κ2) is 9.17. The highest BCUT2D eigenvalue weighted by atomic mass is 16.4. The van der Waals surface area contributed by atoms with Crippen LogP contribution < -0.4 is 11.1 Å². The van der Waals surface area contributed by atoms with Crippen molar-refractivity contribution in [2.24, 2.45) is 0 Å². The molecule has 0 saturated heterocycles. The van der Waals surface area contributed by atoms with Gasteiger partial charge in [0.05, 0.1) is 11.7 Å². The van der Waals surface area contributed by atoms with Gasteiger partial charge in [-0.15, -0.1) is 0 Å². The monoisotopic (exact) mass is 376 g/mol. The molecule has 0 aliphatic heterocycles. The first kappa shape index (κ1) is 19.6. The largest absolute Gasteiger partial charge is 0.478 e. The average Bonchev–Trinajstić information content (AvgIpc) is 2.72. The van der Waals surface area contributed by atoms with Crippen molar-refractivity contribution in [3.05, 3.63) is 89.5 Å². The second-order valence-electron chi connectivity index (χ2n) is 6.68. The molecule has 0 saturated carbocycles. The van der Waals surface area contributed by atoms with Crippen molar-refractivity contribution in [1.82, 2.24) is 5.32 Å². The van der Waals surface area contributed by atoms with Gasteiger partial charge in [0.25, 0.3) is 0 Å². The summed E-state index contributed by atoms with van der Waals surface area (Å²) in [6.45, 7) is 1.27. The lowest BCUT2D eigenvalue weighted by Gasteiger charge is -2.12. The fourth-order valence-electron chi connectivity index (χ4n) is 3.07. The van der Waals surface area contributed by atoms with Crippen LogP contribution in [0, 0.1) is 0 Å². The van der Waals surface area contributed by atoms with Crippen molar-refractivity contribution < 1.29 is 15.0 Å². The van der Waals surface area contributed by atoms with Crippen molar-refractivity contribution in [2.75, 3.05) is 18.8 Å². The van der Waals surface area contributed by atoms with Gasteiger partial charge in [-0.05, 0) is 41.8 Å². The van der Waals surface area contributed by atoms with Crippen molar-refractivity contribution in [3.63, 3.8) is 0 Å². The van der Waals surface area contributed by atoms with Crippen LogP contribution in [0.4, 0.5) is 5.69 Å². The van der Waals surface area contributed by atoms with Crippen LogP contribution in [0.5, 0.6) is 0 Å². The van der Waals surface area contributed by atoms with Crippen molar-refractivity contribution in [1.29, 1.82) is 0 Å². The van der Waals surface area contributed by atoms with Gasteiger partial charge in [-0.2, -0.15) is 0 Å². The van der Waals surface area contributed by atoms with Crippen LogP contribution in [0.2, 0.25) is 0 Å². The maximum Gasteiger partial charge on any atom is 0.335 e. The van der Waals surface area contributed by atoms with Gasteiger partial charge in [-0.3, -0.25) is 0 Å². The van der Waals surface area contributed by atoms with Crippen molar-refractivity contribution in [3.8, 4) is 11.1 Å². The van der Waals surface area contributed by atoms with Gasteiger partial charge < -0.3 is 21.3 Å². The number of hydrogen-bond acceptors (Lipinski definition) is 4. The lowest BCUT2D eigenvalue weighted by molar-refractivity contribution is 0.0697. The van der Waals surface area contributed by atoms with Gasteiger partial charge in [-0.25, -0.2) is 4.79 Å². The van der Waals surface area contributed by atoms with E-state index >= 15 is 0 Å². The fraction of sp³-hybridized carbons (Fsp3) is 0.174. The molecule has 0 spiro atoms. The Morgan fingerprint density at radius 3 is 2.36 bits per heavy atom. The topological polar surface area (TPSA) is 95.6 Å². The number of rotatable bonds is 8. The third-order valence-corrected chi connectivity index (χ3v) is 4.68. The summed E-state index contributed by atoms with van der Waals surface area (Å²) in [4.78, 5) is 11.0. The summed E-state index contributed by atoms with van der Waals surface area (Å²) in [5, 5.41) is 22.5. The van der Waals surface area contributed by atoms with Crippen LogP contribution in [0.3, 0.4) is 0 Å². The van der Waals surface area contributed by atoms with Gasteiger partial charge in [0, 0.05) is 17.8 Å². The number of aromatic carboxylic acids is 1. The molecule has 0 amide bonds. The number of nitrogens with two attached hydrogens (primary N) is 1. The lowest BCUT2D eigenvalue weighted by atomic mass is 10.00. The molecule has 144 valence electrons. The molecule has 3 rings (SSSR count). The first-order chi connectivity index (χ1) is 13.5. The van der Waals surface area contributed by atoms with Crippen LogP contribution in [0.15, 0.2) is 72.8 Å². The van der Waals surface area contributed by atoms with Gasteiger partial charge in [-0.1, -0.05) is 60.7 Å². The maximum atomic E-state index is 11.0. The summed E-state index contributed by atoms with van der Waals surface area (Å²) in [5.41, 5.74) is 10.5. The Labute approximate surface area is 164 Å². The number of aliphatic hydroxyl groups is 1. The molecule has 0 unspecified atom stereocenters. The van der Waals surface area contributed by atoms with E-state index in [0.29, 0.717) is 12.2 Å². The van der Waals surface area contributed by atoms with Crippen molar-refractivity contribution in [2.45, 2.75) is 12.5 Å². The highest BCUT2D eigenvalue weighted by Gasteiger charge is 2.08. The Balaban J connectivity index is 1.53. The first-order valence-corrected chi connectivity index (χ1v) is 9.20. The second-order valence-corrected chi connectivity index (χ2v) is 6.68. The molecule has 0 aliphatic carbocycles. The van der Waals surface area contributed by atoms with E-state index in [0.717, 1.165) is 29.7 Å². The van der Waals surface area contributed by atoms with E-state index in [4.69, 9.17) is 10.8 Å². The quantitative estimate of drug-likeness (QED) is 0.356. The van der Waals surface area contributed by atoms with Gasteiger partial charge >= 0.3 is 5.97 Å². The Morgan fingerprint density at radius 2 is 1.71 bits per heavy atom. The Hall–Kier alpha value is -3.15. The van der Waals surface area contributed by atoms with E-state index in [2.05, 4.69) is 5.32 Å². The number of aliphatic hydroxyl groups excluding tert-OH is 1. The van der Waals surface area contributed by atoms with Crippen LogP contribution in [-0.2, 0) is 6.42 Å². The van der Waals surface area contributed by atoms with Crippen LogP contribution in [0.25, 0.3) is 11.1 Å². The van der Waals surface area contributed by atoms with E-state index in [1.54, 1.807) is 12.1 Å². The minimum atomic E-state index is -0.988. The molecule has 5 heteroatoms. The predicted octanol–water partition coefficient (Wildman–Crippen LogP) is 3.50. The number of anilines is 1. The molecule has 0 fully saturated rings. The first-order valence-electron chi connectivity index (χ1n) is 9.20. The summed E-state index contributed by atoms with van der Waals surface area (Å²) in [6, 6.07) is 22.4. The zero-order valence-corrected chi connectivity index (χ0v) is 15.5. The maximum absolute atomic E-state index is 11.0. The molecule has 3 aromatic rings. The highest BCUT2D eigenvalue weighted by Crippen LogP contribution is 2.27. The number of carboxylic acid groups (broad SMARTS) is 1. The highest BCUT2D eigenvalue weighted by molar-refractivity contribution is 5.91. The molecule has 28 heavy (non-hydrogen) atoms. The lowest BCUT2D eigenvalue weighted by Crippen LogP contribution is -2.23. The number of hydrogen-bond donors (Lipinski definition) is 4. The normalized spacial score (nSPS) is 11.9. The molecule has 1 atom stereocenters. The zero-order valence-electron chi connectivity index (χ0n) is 15.5. The summed E-state index contributed by atoms with van der Waals surface area (Å²) < 4.78 is 0. The van der Waals surface area contributed by atoms with E-state index in [1.807, 2.05) is 54.6 Å². The van der Waals surface area contributed by atoms with Gasteiger partial charge in [0.2, 0.25) is 0 Å². The van der Waals surface area contributed by atoms with Crippen molar-refractivity contribution >= 4 is 11.7 Å². The molecule has 3 aromatic carbocycles. The molecule has 5 N–H and O–H groups in total. The third-order valence-electron chi connectivity index (χ3n) is 4.68. The van der Waals surface area contributed by atoms with E-state index in [1.165, 1.54) is 11.6 Å². The molecule has 5 nitrogen and oxygen atoms in total. The molecule has 0 radical (unpaired) electrons. The Kier molecular flexibility index (Phi) is 6.42. The summed E-state index contributed by atoms with van der Waals surface area (Å²) in [7, 11) is 0. The van der Waals surface area contributed by atoms with Crippen LogP contribution in [-0.4, -0.2) is 29.3 Å². The number of benzene rings is 3. The van der Waals surface area contributed by atoms with Gasteiger partial charge in [0.15, 0.2) is 0 Å². The molecular weight excluding hydrogens is 352 g/mol. The van der Waals surface area contributed by atoms with Crippen LogP contribution in [0.1, 0.15) is 27.6 Å². The molecule has 0 bridgehead atoms.